The molecule has 0 bridgehead atoms. The Kier molecular flexibility index (Phi) is 6.54. The lowest BCUT2D eigenvalue weighted by atomic mass is 10.2. The number of thioether (sulfide) groups is 2. The SMILES string of the molecule is CSC1(OS(=O)(=O)c2ccc(C)cc2)SC(=C2Oc3ccccc3N2C)C(=O)N1Cc1ccccc1. The van der Waals surface area contributed by atoms with E-state index in [1.54, 1.807) is 23.3 Å². The van der Waals surface area contributed by atoms with Crippen LogP contribution in [0, 0.1) is 6.92 Å². The van der Waals surface area contributed by atoms with Gasteiger partial charge >= 0.3 is 10.1 Å². The van der Waals surface area contributed by atoms with E-state index < -0.39 is 14.5 Å². The van der Waals surface area contributed by atoms with E-state index in [1.807, 2.05) is 68.6 Å². The van der Waals surface area contributed by atoms with Crippen molar-refractivity contribution in [3.05, 3.63) is 101 Å². The van der Waals surface area contributed by atoms with Crippen LogP contribution in [0.1, 0.15) is 11.1 Å². The van der Waals surface area contributed by atoms with Crippen LogP contribution >= 0.6 is 23.5 Å². The molecule has 1 saturated heterocycles. The smallest absolute Gasteiger partial charge is 0.300 e. The van der Waals surface area contributed by atoms with Gasteiger partial charge in [-0.05, 0) is 54.8 Å². The summed E-state index contributed by atoms with van der Waals surface area (Å²) in [5.41, 5.74) is 2.59. The van der Waals surface area contributed by atoms with Crippen molar-refractivity contribution in [3.8, 4) is 5.75 Å². The van der Waals surface area contributed by atoms with Crippen LogP contribution < -0.4 is 9.64 Å². The fourth-order valence-corrected chi connectivity index (χ4v) is 7.79. The number of anilines is 1. The van der Waals surface area contributed by atoms with E-state index >= 15 is 0 Å². The number of hydrogen-bond donors (Lipinski definition) is 0. The first-order chi connectivity index (χ1) is 17.2. The van der Waals surface area contributed by atoms with Gasteiger partial charge in [0.05, 0.1) is 17.1 Å². The zero-order valence-electron chi connectivity index (χ0n) is 19.9. The lowest BCUT2D eigenvalue weighted by molar-refractivity contribution is -0.131. The minimum atomic E-state index is -4.21. The second-order valence-corrected chi connectivity index (χ2v) is 12.3. The van der Waals surface area contributed by atoms with Gasteiger partial charge in [-0.25, -0.2) is 4.18 Å². The van der Waals surface area contributed by atoms with Crippen LogP contribution in [0.4, 0.5) is 5.69 Å². The predicted octanol–water partition coefficient (Wildman–Crippen LogP) is 5.15. The first-order valence-corrected chi connectivity index (χ1v) is 14.6. The van der Waals surface area contributed by atoms with Crippen molar-refractivity contribution in [1.82, 2.24) is 4.90 Å². The summed E-state index contributed by atoms with van der Waals surface area (Å²) >= 11 is 2.18. The number of hydrogen-bond acceptors (Lipinski definition) is 8. The summed E-state index contributed by atoms with van der Waals surface area (Å²) in [6.07, 6.45) is 1.73. The largest absolute Gasteiger partial charge is 0.437 e. The van der Waals surface area contributed by atoms with Crippen LogP contribution in [-0.2, 0) is 25.6 Å². The second kappa shape index (κ2) is 9.51. The molecule has 7 nitrogen and oxygen atoms in total. The quantitative estimate of drug-likeness (QED) is 0.242. The molecule has 0 radical (unpaired) electrons. The minimum absolute atomic E-state index is 0.0250. The Morgan fingerprint density at radius 2 is 1.67 bits per heavy atom. The Morgan fingerprint density at radius 3 is 2.33 bits per heavy atom. The van der Waals surface area contributed by atoms with Crippen LogP contribution in [0.5, 0.6) is 5.75 Å². The Balaban J connectivity index is 1.58. The van der Waals surface area contributed by atoms with E-state index in [-0.39, 0.29) is 22.3 Å². The first kappa shape index (κ1) is 24.8. The van der Waals surface area contributed by atoms with E-state index in [9.17, 15) is 13.2 Å². The van der Waals surface area contributed by atoms with Crippen molar-refractivity contribution < 1.29 is 22.1 Å². The Bertz CT molecular complexity index is 1440. The Morgan fingerprint density at radius 1 is 1.00 bits per heavy atom. The van der Waals surface area contributed by atoms with Crippen LogP contribution in [0.3, 0.4) is 0 Å². The Hall–Kier alpha value is -2.92. The van der Waals surface area contributed by atoms with Crippen LogP contribution in [0.25, 0.3) is 0 Å². The van der Waals surface area contributed by atoms with Gasteiger partial charge in [0.1, 0.15) is 4.91 Å². The van der Waals surface area contributed by atoms with E-state index in [0.717, 1.165) is 40.3 Å². The van der Waals surface area contributed by atoms with Gasteiger partial charge in [0.25, 0.3) is 10.3 Å². The zero-order valence-corrected chi connectivity index (χ0v) is 22.3. The van der Waals surface area contributed by atoms with Gasteiger partial charge in [-0.3, -0.25) is 9.69 Å². The lowest BCUT2D eigenvalue weighted by Gasteiger charge is -2.34. The molecule has 0 saturated carbocycles. The number of carbonyl (C=O) groups is 1. The Labute approximate surface area is 219 Å². The van der Waals surface area contributed by atoms with Gasteiger partial charge in [0.2, 0.25) is 5.88 Å². The summed E-state index contributed by atoms with van der Waals surface area (Å²) in [6, 6.07) is 23.3. The molecule has 5 rings (SSSR count). The van der Waals surface area contributed by atoms with Crippen molar-refractivity contribution in [3.63, 3.8) is 0 Å². The summed E-state index contributed by atoms with van der Waals surface area (Å²) in [7, 11) is -2.39. The maximum atomic E-state index is 13.9. The highest BCUT2D eigenvalue weighted by Gasteiger charge is 2.55. The molecule has 10 heteroatoms. The summed E-state index contributed by atoms with van der Waals surface area (Å²) < 4.78 is 37.2. The molecule has 1 amide bonds. The van der Waals surface area contributed by atoms with Gasteiger partial charge in [-0.15, -0.1) is 0 Å². The van der Waals surface area contributed by atoms with Gasteiger partial charge < -0.3 is 9.64 Å². The van der Waals surface area contributed by atoms with Crippen molar-refractivity contribution in [2.45, 2.75) is 22.8 Å². The molecule has 0 spiro atoms. The average Bonchev–Trinajstić information content (AvgIpc) is 3.34. The zero-order chi connectivity index (χ0) is 25.5. The molecule has 1 fully saturated rings. The number of carbonyl (C=O) groups excluding carboxylic acids is 1. The molecule has 0 aliphatic carbocycles. The number of rotatable bonds is 6. The number of aryl methyl sites for hydroxylation is 1. The van der Waals surface area contributed by atoms with Crippen molar-refractivity contribution in [2.24, 2.45) is 0 Å². The van der Waals surface area contributed by atoms with Crippen LogP contribution in [0.2, 0.25) is 0 Å². The third kappa shape index (κ3) is 4.39. The number of fused-ring (bicyclic) bond motifs is 1. The molecular formula is C26H24N2O5S3. The van der Waals surface area contributed by atoms with Gasteiger partial charge in [0, 0.05) is 7.05 Å². The molecular weight excluding hydrogens is 516 g/mol. The molecule has 36 heavy (non-hydrogen) atoms. The molecule has 2 aliphatic rings. The lowest BCUT2D eigenvalue weighted by Crippen LogP contribution is -2.44. The van der Waals surface area contributed by atoms with Gasteiger partial charge in [-0.1, -0.05) is 71.9 Å². The first-order valence-electron chi connectivity index (χ1n) is 11.1. The molecule has 0 aromatic heterocycles. The maximum Gasteiger partial charge on any atom is 0.300 e. The summed E-state index contributed by atoms with van der Waals surface area (Å²) in [5, 5.41) is 0. The van der Waals surface area contributed by atoms with E-state index in [1.165, 1.54) is 17.0 Å². The molecule has 1 atom stereocenters. The summed E-state index contributed by atoms with van der Waals surface area (Å²) in [4.78, 5) is 17.4. The van der Waals surface area contributed by atoms with E-state index in [4.69, 9.17) is 8.92 Å². The topological polar surface area (TPSA) is 76.2 Å². The minimum Gasteiger partial charge on any atom is -0.437 e. The van der Waals surface area contributed by atoms with E-state index in [2.05, 4.69) is 0 Å². The van der Waals surface area contributed by atoms with E-state index in [0.29, 0.717) is 11.6 Å². The third-order valence-electron chi connectivity index (χ3n) is 5.90. The average molecular weight is 541 g/mol. The molecule has 0 N–H and O–H groups in total. The highest BCUT2D eigenvalue weighted by molar-refractivity contribution is 8.20. The highest BCUT2D eigenvalue weighted by Crippen LogP contribution is 2.55. The van der Waals surface area contributed by atoms with Crippen molar-refractivity contribution in [1.29, 1.82) is 0 Å². The number of para-hydroxylation sites is 2. The highest BCUT2D eigenvalue weighted by atomic mass is 32.2. The normalized spacial score (nSPS) is 21.6. The predicted molar refractivity (Wildman–Crippen MR) is 143 cm³/mol. The standard InChI is InChI=1S/C26H24N2O5S3/c1-18-13-15-20(16-14-18)36(30,31)33-26(34-3)28(17-19-9-5-4-6-10-19)24(29)23(35-26)25-27(2)21-11-7-8-12-22(21)32-25/h4-16H,17H2,1-3H3. The second-order valence-electron chi connectivity index (χ2n) is 8.32. The third-order valence-corrected chi connectivity index (χ3v) is 10.1. The molecule has 2 heterocycles. The molecule has 3 aromatic carbocycles. The maximum absolute atomic E-state index is 13.9. The van der Waals surface area contributed by atoms with Crippen LogP contribution in [-0.4, -0.2) is 36.9 Å². The van der Waals surface area contributed by atoms with Gasteiger partial charge in [-0.2, -0.15) is 8.42 Å². The number of amides is 1. The molecule has 1 unspecified atom stereocenters. The fourth-order valence-electron chi connectivity index (χ4n) is 3.99. The molecule has 2 aliphatic heterocycles. The van der Waals surface area contributed by atoms with Crippen molar-refractivity contribution in [2.75, 3.05) is 18.2 Å². The number of ether oxygens (including phenoxy) is 1. The summed E-state index contributed by atoms with van der Waals surface area (Å²) in [6.45, 7) is 2.03. The molecule has 186 valence electrons. The van der Waals surface area contributed by atoms with Crippen LogP contribution in [0.15, 0.2) is 94.5 Å². The fraction of sp³-hybridized carbons (Fsp3) is 0.192. The van der Waals surface area contributed by atoms with Gasteiger partial charge in [0.15, 0.2) is 5.75 Å². The van der Waals surface area contributed by atoms with Crippen molar-refractivity contribution >= 4 is 45.2 Å². The molecule has 3 aromatic rings. The number of benzene rings is 3. The monoisotopic (exact) mass is 540 g/mol. The number of nitrogens with zero attached hydrogens (tertiary/aromatic N) is 2. The summed E-state index contributed by atoms with van der Waals surface area (Å²) in [5.74, 6) is 0.601.